The molecular weight excluding hydrogens is 238 g/mol. The molecule has 1 unspecified atom stereocenters. The van der Waals surface area contributed by atoms with Crippen molar-refractivity contribution in [3.05, 3.63) is 29.8 Å². The van der Waals surface area contributed by atoms with Gasteiger partial charge < -0.3 is 15.6 Å². The minimum Gasteiger partial charge on any atom is -0.479 e. The number of nitrogens with one attached hydrogen (secondary N) is 1. The maximum absolute atomic E-state index is 10.6. The number of hydrogen-bond acceptors (Lipinski definition) is 4. The summed E-state index contributed by atoms with van der Waals surface area (Å²) in [5.74, 6) is -0.601. The van der Waals surface area contributed by atoms with Gasteiger partial charge in [-0.3, -0.25) is 0 Å². The molecule has 0 saturated carbocycles. The lowest BCUT2D eigenvalue weighted by atomic mass is 10.2. The summed E-state index contributed by atoms with van der Waals surface area (Å²) in [5, 5.41) is 12.2. The zero-order chi connectivity index (χ0) is 13.5. The van der Waals surface area contributed by atoms with Gasteiger partial charge in [-0.25, -0.2) is 15.0 Å². The van der Waals surface area contributed by atoms with E-state index < -0.39 is 18.1 Å². The average molecular weight is 251 g/mol. The van der Waals surface area contributed by atoms with Gasteiger partial charge in [-0.1, -0.05) is 0 Å². The van der Waals surface area contributed by atoms with Gasteiger partial charge in [-0.2, -0.15) is 5.10 Å². The normalized spacial score (nSPS) is 12.1. The van der Waals surface area contributed by atoms with E-state index in [1.165, 1.54) is 13.1 Å². The number of benzene rings is 1. The molecule has 0 aliphatic heterocycles. The van der Waals surface area contributed by atoms with Crippen LogP contribution in [0.4, 0.5) is 4.79 Å². The monoisotopic (exact) mass is 251 g/mol. The molecule has 1 aromatic carbocycles. The summed E-state index contributed by atoms with van der Waals surface area (Å²) in [6, 6.07) is 5.78. The first-order valence-corrected chi connectivity index (χ1v) is 5.07. The minimum atomic E-state index is -1.04. The number of nitrogens with two attached hydrogens (primary N) is 1. The maximum atomic E-state index is 10.6. The van der Waals surface area contributed by atoms with Gasteiger partial charge in [-0.05, 0) is 36.8 Å². The molecule has 0 aromatic heterocycles. The van der Waals surface area contributed by atoms with Gasteiger partial charge in [-0.15, -0.1) is 0 Å². The number of aliphatic carboxylic acids is 1. The van der Waals surface area contributed by atoms with Crippen LogP contribution >= 0.6 is 0 Å². The van der Waals surface area contributed by atoms with Crippen LogP contribution in [0.2, 0.25) is 0 Å². The van der Waals surface area contributed by atoms with Crippen molar-refractivity contribution >= 4 is 18.2 Å². The molecule has 1 atom stereocenters. The predicted molar refractivity (Wildman–Crippen MR) is 64.5 cm³/mol. The van der Waals surface area contributed by atoms with Crippen LogP contribution in [0.15, 0.2) is 29.4 Å². The highest BCUT2D eigenvalue weighted by Crippen LogP contribution is 2.13. The molecule has 0 saturated heterocycles. The Hall–Kier alpha value is -2.57. The number of carbonyl (C=O) groups is 2. The molecule has 0 bridgehead atoms. The Morgan fingerprint density at radius 3 is 2.56 bits per heavy atom. The molecule has 1 aromatic rings. The molecule has 0 aliphatic rings. The fraction of sp³-hybridized carbons (Fsp3) is 0.182. The Bertz CT molecular complexity index is 456. The topological polar surface area (TPSA) is 114 Å². The van der Waals surface area contributed by atoms with Crippen molar-refractivity contribution < 1.29 is 19.4 Å². The Labute approximate surface area is 103 Å². The number of ether oxygens (including phenoxy) is 1. The summed E-state index contributed by atoms with van der Waals surface area (Å²) >= 11 is 0. The second-order valence-electron chi connectivity index (χ2n) is 3.40. The van der Waals surface area contributed by atoms with Crippen LogP contribution in [0.1, 0.15) is 12.5 Å². The van der Waals surface area contributed by atoms with E-state index in [1.807, 2.05) is 0 Å². The number of hydrazone groups is 1. The summed E-state index contributed by atoms with van der Waals surface area (Å²) in [4.78, 5) is 20.9. The lowest BCUT2D eigenvalue weighted by Gasteiger charge is -2.09. The van der Waals surface area contributed by atoms with Crippen LogP contribution in [0.3, 0.4) is 0 Å². The quantitative estimate of drug-likeness (QED) is 0.523. The molecule has 2 amide bonds. The third-order valence-corrected chi connectivity index (χ3v) is 1.93. The second kappa shape index (κ2) is 6.24. The van der Waals surface area contributed by atoms with Crippen LogP contribution in [0, 0.1) is 0 Å². The summed E-state index contributed by atoms with van der Waals surface area (Å²) in [5.41, 5.74) is 7.59. The Kier molecular flexibility index (Phi) is 4.67. The molecule has 7 heteroatoms. The SMILES string of the molecule is CC(Oc1ccc(C=NNC(N)=O)cc1)C(=O)O. The largest absolute Gasteiger partial charge is 0.479 e. The van der Waals surface area contributed by atoms with Gasteiger partial charge >= 0.3 is 12.0 Å². The zero-order valence-electron chi connectivity index (χ0n) is 9.66. The number of amides is 2. The third kappa shape index (κ3) is 4.52. The van der Waals surface area contributed by atoms with Gasteiger partial charge in [0.2, 0.25) is 0 Å². The van der Waals surface area contributed by atoms with E-state index in [-0.39, 0.29) is 0 Å². The van der Waals surface area contributed by atoms with Crippen molar-refractivity contribution in [1.29, 1.82) is 0 Å². The molecule has 18 heavy (non-hydrogen) atoms. The lowest BCUT2D eigenvalue weighted by molar-refractivity contribution is -0.144. The number of primary amides is 1. The second-order valence-corrected chi connectivity index (χ2v) is 3.40. The van der Waals surface area contributed by atoms with Crippen molar-refractivity contribution in [2.24, 2.45) is 10.8 Å². The van der Waals surface area contributed by atoms with Gasteiger partial charge in [0, 0.05) is 0 Å². The number of carboxylic acids is 1. The van der Waals surface area contributed by atoms with Crippen LogP contribution in [-0.4, -0.2) is 29.4 Å². The van der Waals surface area contributed by atoms with E-state index in [1.54, 1.807) is 24.3 Å². The predicted octanol–water partition coefficient (Wildman–Crippen LogP) is 0.541. The third-order valence-electron chi connectivity index (χ3n) is 1.93. The first kappa shape index (κ1) is 13.5. The van der Waals surface area contributed by atoms with Crippen molar-refractivity contribution in [1.82, 2.24) is 5.43 Å². The molecule has 0 fully saturated rings. The van der Waals surface area contributed by atoms with E-state index in [9.17, 15) is 9.59 Å². The Morgan fingerprint density at radius 1 is 1.44 bits per heavy atom. The minimum absolute atomic E-state index is 0.435. The number of carbonyl (C=O) groups excluding carboxylic acids is 1. The van der Waals surface area contributed by atoms with Crippen LogP contribution in [0.5, 0.6) is 5.75 Å². The van der Waals surface area contributed by atoms with Gasteiger partial charge in [0.25, 0.3) is 0 Å². The molecule has 0 radical (unpaired) electrons. The molecule has 0 spiro atoms. The van der Waals surface area contributed by atoms with Crippen molar-refractivity contribution in [2.45, 2.75) is 13.0 Å². The van der Waals surface area contributed by atoms with Gasteiger partial charge in [0.15, 0.2) is 6.10 Å². The van der Waals surface area contributed by atoms with E-state index >= 15 is 0 Å². The van der Waals surface area contributed by atoms with Crippen LogP contribution < -0.4 is 15.9 Å². The summed E-state index contributed by atoms with van der Waals surface area (Å²) < 4.78 is 5.14. The Morgan fingerprint density at radius 2 is 2.06 bits per heavy atom. The molecule has 1 rings (SSSR count). The number of rotatable bonds is 5. The van der Waals surface area contributed by atoms with Gasteiger partial charge in [0.05, 0.1) is 6.21 Å². The maximum Gasteiger partial charge on any atom is 0.344 e. The summed E-state index contributed by atoms with van der Waals surface area (Å²) in [6.45, 7) is 1.44. The summed E-state index contributed by atoms with van der Waals surface area (Å²) in [7, 11) is 0. The highest BCUT2D eigenvalue weighted by molar-refractivity contribution is 5.81. The molecule has 7 nitrogen and oxygen atoms in total. The van der Waals surface area contributed by atoms with Crippen molar-refractivity contribution in [2.75, 3.05) is 0 Å². The van der Waals surface area contributed by atoms with Crippen LogP contribution in [-0.2, 0) is 4.79 Å². The van der Waals surface area contributed by atoms with E-state index in [4.69, 9.17) is 15.6 Å². The first-order chi connectivity index (χ1) is 8.49. The zero-order valence-corrected chi connectivity index (χ0v) is 9.66. The highest BCUT2D eigenvalue weighted by atomic mass is 16.5. The molecule has 4 N–H and O–H groups in total. The summed E-state index contributed by atoms with van der Waals surface area (Å²) in [6.07, 6.45) is 0.482. The van der Waals surface area contributed by atoms with E-state index in [0.29, 0.717) is 11.3 Å². The first-order valence-electron chi connectivity index (χ1n) is 5.07. The van der Waals surface area contributed by atoms with Crippen molar-refractivity contribution in [3.63, 3.8) is 0 Å². The van der Waals surface area contributed by atoms with Crippen LogP contribution in [0.25, 0.3) is 0 Å². The number of hydrogen-bond donors (Lipinski definition) is 3. The number of carboxylic acid groups (broad SMARTS) is 1. The van der Waals surface area contributed by atoms with Gasteiger partial charge in [0.1, 0.15) is 5.75 Å². The standard InChI is InChI=1S/C11H13N3O4/c1-7(10(15)16)18-9-4-2-8(3-5-9)6-13-14-11(12)17/h2-7H,1H3,(H,15,16)(H3,12,14,17). The van der Waals surface area contributed by atoms with E-state index in [0.717, 1.165) is 0 Å². The lowest BCUT2D eigenvalue weighted by Crippen LogP contribution is -2.24. The fourth-order valence-corrected chi connectivity index (χ4v) is 1.06. The number of nitrogens with zero attached hydrogens (tertiary/aromatic N) is 1. The smallest absolute Gasteiger partial charge is 0.344 e. The molecular formula is C11H13N3O4. The molecule has 0 aliphatic carbocycles. The molecule has 96 valence electrons. The van der Waals surface area contributed by atoms with Crippen molar-refractivity contribution in [3.8, 4) is 5.75 Å². The highest BCUT2D eigenvalue weighted by Gasteiger charge is 2.11. The Balaban J connectivity index is 2.60. The average Bonchev–Trinajstić information content (AvgIpc) is 2.30. The fourth-order valence-electron chi connectivity index (χ4n) is 1.06. The van der Waals surface area contributed by atoms with E-state index in [2.05, 4.69) is 10.5 Å². The molecule has 0 heterocycles. The number of urea groups is 1.